The van der Waals surface area contributed by atoms with Crippen LogP contribution in [0.2, 0.25) is 0 Å². The summed E-state index contributed by atoms with van der Waals surface area (Å²) < 4.78 is 1.10. The summed E-state index contributed by atoms with van der Waals surface area (Å²) in [6.07, 6.45) is 3.33. The van der Waals surface area contributed by atoms with Gasteiger partial charge >= 0.3 is 0 Å². The van der Waals surface area contributed by atoms with E-state index in [4.69, 9.17) is 0 Å². The van der Waals surface area contributed by atoms with Crippen LogP contribution >= 0.6 is 22.7 Å². The lowest BCUT2D eigenvalue weighted by Crippen LogP contribution is -2.47. The first kappa shape index (κ1) is 17.3. The molecule has 0 radical (unpaired) electrons. The van der Waals surface area contributed by atoms with E-state index in [1.807, 2.05) is 41.4 Å². The van der Waals surface area contributed by atoms with Crippen LogP contribution < -0.4 is 0 Å². The Bertz CT molecular complexity index is 984. The number of likely N-dealkylation sites (tertiary alicyclic amines) is 1. The minimum atomic E-state index is 0.167. The maximum absolute atomic E-state index is 13.0. The number of nitrogens with zero attached hydrogens (tertiary/aromatic N) is 3. The molecule has 0 saturated carbocycles. The van der Waals surface area contributed by atoms with Crippen LogP contribution in [0.5, 0.6) is 0 Å². The third-order valence-corrected chi connectivity index (χ3v) is 7.80. The normalized spacial score (nSPS) is 18.8. The van der Waals surface area contributed by atoms with Crippen molar-refractivity contribution in [2.75, 3.05) is 19.6 Å². The zero-order chi connectivity index (χ0) is 18.4. The molecule has 5 rings (SSSR count). The van der Waals surface area contributed by atoms with Crippen molar-refractivity contribution in [1.29, 1.82) is 0 Å². The van der Waals surface area contributed by atoms with Gasteiger partial charge in [-0.25, -0.2) is 4.98 Å². The summed E-state index contributed by atoms with van der Waals surface area (Å²) in [5, 5.41) is 3.27. The van der Waals surface area contributed by atoms with E-state index in [0.29, 0.717) is 6.04 Å². The summed E-state index contributed by atoms with van der Waals surface area (Å²) in [5.41, 5.74) is 3.30. The quantitative estimate of drug-likeness (QED) is 0.646. The molecule has 2 aliphatic heterocycles. The second kappa shape index (κ2) is 7.00. The zero-order valence-electron chi connectivity index (χ0n) is 15.5. The summed E-state index contributed by atoms with van der Waals surface area (Å²) >= 11 is 3.55. The van der Waals surface area contributed by atoms with Gasteiger partial charge in [0.15, 0.2) is 0 Å². The Kier molecular flexibility index (Phi) is 4.50. The number of thiophene rings is 1. The molecule has 2 aromatic heterocycles. The number of fused-ring (bicyclic) bond motifs is 2. The Balaban J connectivity index is 1.24. The molecule has 1 amide bonds. The lowest BCUT2D eigenvalue weighted by molar-refractivity contribution is 0.0600. The van der Waals surface area contributed by atoms with Gasteiger partial charge in [-0.15, -0.1) is 22.7 Å². The van der Waals surface area contributed by atoms with Crippen molar-refractivity contribution < 1.29 is 4.79 Å². The first-order valence-electron chi connectivity index (χ1n) is 9.63. The van der Waals surface area contributed by atoms with Gasteiger partial charge in [0.05, 0.1) is 15.2 Å². The fourth-order valence-corrected chi connectivity index (χ4v) is 6.13. The standard InChI is InChI=1S/C21H23N3OS2/c1-14-22-18-3-2-15(12-20(18)27-14)21(25)23-8-4-17(5-9-23)24-10-6-19-16(13-24)7-11-26-19/h2-3,7,11-12,17H,4-6,8-10,13H2,1H3. The summed E-state index contributed by atoms with van der Waals surface area (Å²) in [5.74, 6) is 0.167. The predicted octanol–water partition coefficient (Wildman–Crippen LogP) is 4.33. The lowest BCUT2D eigenvalue weighted by Gasteiger charge is -2.40. The second-order valence-corrected chi connectivity index (χ2v) is 9.76. The highest BCUT2D eigenvalue weighted by Gasteiger charge is 2.29. The van der Waals surface area contributed by atoms with Crippen LogP contribution in [0.4, 0.5) is 0 Å². The van der Waals surface area contributed by atoms with E-state index in [-0.39, 0.29) is 5.91 Å². The minimum absolute atomic E-state index is 0.167. The molecule has 0 bridgehead atoms. The first-order chi connectivity index (χ1) is 13.2. The Morgan fingerprint density at radius 1 is 1.19 bits per heavy atom. The highest BCUT2D eigenvalue weighted by atomic mass is 32.1. The van der Waals surface area contributed by atoms with Crippen molar-refractivity contribution in [3.8, 4) is 0 Å². The fourth-order valence-electron chi connectivity index (χ4n) is 4.37. The molecule has 2 aliphatic rings. The van der Waals surface area contributed by atoms with Crippen LogP contribution in [0.15, 0.2) is 29.6 Å². The van der Waals surface area contributed by atoms with Crippen molar-refractivity contribution >= 4 is 38.8 Å². The van der Waals surface area contributed by atoms with E-state index in [1.54, 1.807) is 16.2 Å². The van der Waals surface area contributed by atoms with Crippen LogP contribution in [-0.2, 0) is 13.0 Å². The maximum atomic E-state index is 13.0. The van der Waals surface area contributed by atoms with E-state index in [9.17, 15) is 4.79 Å². The third-order valence-electron chi connectivity index (χ3n) is 5.85. The van der Waals surface area contributed by atoms with Gasteiger partial charge in [0.2, 0.25) is 0 Å². The number of piperidine rings is 1. The molecule has 27 heavy (non-hydrogen) atoms. The van der Waals surface area contributed by atoms with Gasteiger partial charge in [0.1, 0.15) is 0 Å². The third kappa shape index (κ3) is 3.30. The van der Waals surface area contributed by atoms with E-state index in [1.165, 1.54) is 12.0 Å². The van der Waals surface area contributed by atoms with E-state index >= 15 is 0 Å². The zero-order valence-corrected chi connectivity index (χ0v) is 17.1. The average Bonchev–Trinajstić information content (AvgIpc) is 3.31. The van der Waals surface area contributed by atoms with Gasteiger partial charge in [-0.2, -0.15) is 0 Å². The summed E-state index contributed by atoms with van der Waals surface area (Å²) in [7, 11) is 0. The van der Waals surface area contributed by atoms with Crippen LogP contribution in [0.1, 0.15) is 38.6 Å². The molecule has 4 heterocycles. The van der Waals surface area contributed by atoms with Gasteiger partial charge in [-0.05, 0) is 61.4 Å². The van der Waals surface area contributed by atoms with Crippen LogP contribution in [-0.4, -0.2) is 46.4 Å². The molecule has 0 spiro atoms. The van der Waals surface area contributed by atoms with Crippen LogP contribution in [0.3, 0.4) is 0 Å². The summed E-state index contributed by atoms with van der Waals surface area (Å²) in [6, 6.07) is 8.80. The van der Waals surface area contributed by atoms with E-state index in [2.05, 4.69) is 21.3 Å². The topological polar surface area (TPSA) is 36.4 Å². The second-order valence-electron chi connectivity index (χ2n) is 7.53. The number of amides is 1. The Morgan fingerprint density at radius 3 is 2.89 bits per heavy atom. The van der Waals surface area contributed by atoms with Crippen LogP contribution in [0.25, 0.3) is 10.2 Å². The smallest absolute Gasteiger partial charge is 0.253 e. The Labute approximate surface area is 167 Å². The van der Waals surface area contributed by atoms with Gasteiger partial charge in [0.25, 0.3) is 5.91 Å². The Hall–Kier alpha value is -1.76. The number of carbonyl (C=O) groups is 1. The lowest BCUT2D eigenvalue weighted by atomic mass is 9.99. The van der Waals surface area contributed by atoms with Gasteiger partial charge < -0.3 is 4.90 Å². The molecule has 6 heteroatoms. The van der Waals surface area contributed by atoms with Gasteiger partial charge in [-0.3, -0.25) is 9.69 Å². The van der Waals surface area contributed by atoms with Gasteiger partial charge in [0, 0.05) is 42.7 Å². The molecule has 4 nitrogen and oxygen atoms in total. The van der Waals surface area contributed by atoms with Crippen LogP contribution in [0, 0.1) is 6.92 Å². The molecule has 1 fully saturated rings. The van der Waals surface area contributed by atoms with Gasteiger partial charge in [-0.1, -0.05) is 0 Å². The summed E-state index contributed by atoms with van der Waals surface area (Å²) in [4.78, 5) is 23.7. The highest BCUT2D eigenvalue weighted by molar-refractivity contribution is 7.18. The molecular formula is C21H23N3OS2. The first-order valence-corrected chi connectivity index (χ1v) is 11.3. The molecule has 0 atom stereocenters. The SMILES string of the molecule is Cc1nc2ccc(C(=O)N3CCC(N4CCc5sccc5C4)CC3)cc2s1. The molecule has 0 aliphatic carbocycles. The van der Waals surface area contributed by atoms with Crippen molar-refractivity contribution in [2.24, 2.45) is 0 Å². The number of hydrogen-bond donors (Lipinski definition) is 0. The number of carbonyl (C=O) groups excluding carboxylic acids is 1. The molecule has 0 unspecified atom stereocenters. The maximum Gasteiger partial charge on any atom is 0.253 e. The number of benzene rings is 1. The number of hydrogen-bond acceptors (Lipinski definition) is 5. The summed E-state index contributed by atoms with van der Waals surface area (Å²) in [6.45, 7) is 5.97. The Morgan fingerprint density at radius 2 is 2.04 bits per heavy atom. The monoisotopic (exact) mass is 397 g/mol. The molecule has 0 N–H and O–H groups in total. The largest absolute Gasteiger partial charge is 0.339 e. The van der Waals surface area contributed by atoms with Crippen molar-refractivity contribution in [3.05, 3.63) is 50.7 Å². The highest BCUT2D eigenvalue weighted by Crippen LogP contribution is 2.29. The number of aromatic nitrogens is 1. The molecule has 1 aromatic carbocycles. The van der Waals surface area contributed by atoms with Crippen molar-refractivity contribution in [3.63, 3.8) is 0 Å². The molecular weight excluding hydrogens is 374 g/mol. The van der Waals surface area contributed by atoms with Crippen molar-refractivity contribution in [2.45, 2.75) is 38.8 Å². The average molecular weight is 398 g/mol. The number of rotatable bonds is 2. The van der Waals surface area contributed by atoms with Crippen molar-refractivity contribution in [1.82, 2.24) is 14.8 Å². The van der Waals surface area contributed by atoms with E-state index in [0.717, 1.165) is 59.8 Å². The van der Waals surface area contributed by atoms with E-state index < -0.39 is 0 Å². The number of aryl methyl sites for hydroxylation is 1. The molecule has 1 saturated heterocycles. The fraction of sp³-hybridized carbons (Fsp3) is 0.429. The number of thiazole rings is 1. The molecule has 140 valence electrons. The predicted molar refractivity (Wildman–Crippen MR) is 112 cm³/mol. The molecule has 3 aromatic rings. The minimum Gasteiger partial charge on any atom is -0.339 e.